The maximum atomic E-state index is 16.8. The molecule has 0 aliphatic carbocycles. The fourth-order valence-electron chi connectivity index (χ4n) is 5.43. The molecule has 0 saturated carbocycles. The lowest BCUT2D eigenvalue weighted by molar-refractivity contribution is -0.138. The number of ether oxygens (including phenoxy) is 2. The summed E-state index contributed by atoms with van der Waals surface area (Å²) in [5.74, 6) is -3.01. The Hall–Kier alpha value is -5.04. The minimum atomic E-state index is -5.20. The van der Waals surface area contributed by atoms with Crippen molar-refractivity contribution >= 4 is 49.0 Å². The minimum Gasteiger partial charge on any atom is -0.490 e. The number of nitrogens with two attached hydrogens (primary N) is 2. The van der Waals surface area contributed by atoms with E-state index in [2.05, 4.69) is 19.9 Å². The van der Waals surface area contributed by atoms with E-state index in [4.69, 9.17) is 20.9 Å². The second-order valence-electron chi connectivity index (χ2n) is 9.90. The van der Waals surface area contributed by atoms with E-state index >= 15 is 17.6 Å². The van der Waals surface area contributed by atoms with Crippen molar-refractivity contribution in [1.29, 1.82) is 5.26 Å². The highest BCUT2D eigenvalue weighted by Crippen LogP contribution is 2.53. The Morgan fingerprint density at radius 1 is 1.16 bits per heavy atom. The average Bonchev–Trinajstić information content (AvgIpc) is 3.21. The number of nitrogens with zero attached hydrogens (tertiary/aromatic N) is 6. The SMILES string of the molecule is COc1nc2c3c(c(C(F)(F)F)c(-c4ccc(F)c5sc(N)c(C#N)c45)c(F)c3n1)OCCN2C(C)c1nc(C)cnc1N. The first kappa shape index (κ1) is 29.1. The quantitative estimate of drug-likeness (QED) is 0.230. The predicted molar refractivity (Wildman–Crippen MR) is 153 cm³/mol. The summed E-state index contributed by atoms with van der Waals surface area (Å²) in [4.78, 5) is 18.6. The molecule has 226 valence electrons. The number of thiophene rings is 1. The molecule has 6 rings (SSSR count). The summed E-state index contributed by atoms with van der Waals surface area (Å²) in [6, 6.07) is 2.61. The molecule has 3 aromatic heterocycles. The van der Waals surface area contributed by atoms with Gasteiger partial charge in [-0.2, -0.15) is 28.4 Å². The molecule has 1 unspecified atom stereocenters. The minimum absolute atomic E-state index is 0.0190. The number of alkyl halides is 3. The highest BCUT2D eigenvalue weighted by atomic mass is 32.1. The second kappa shape index (κ2) is 10.3. The molecule has 4 heterocycles. The first-order valence-electron chi connectivity index (χ1n) is 12.9. The van der Waals surface area contributed by atoms with E-state index in [1.807, 2.05) is 0 Å². The number of rotatable bonds is 4. The number of methoxy groups -OCH3 is 1. The summed E-state index contributed by atoms with van der Waals surface area (Å²) < 4.78 is 87.7. The van der Waals surface area contributed by atoms with Gasteiger partial charge in [0.15, 0.2) is 5.82 Å². The van der Waals surface area contributed by atoms with Crippen LogP contribution in [0, 0.1) is 29.9 Å². The molecule has 1 aliphatic heterocycles. The van der Waals surface area contributed by atoms with Gasteiger partial charge in [0.1, 0.15) is 57.7 Å². The van der Waals surface area contributed by atoms with Crippen LogP contribution in [-0.4, -0.2) is 40.2 Å². The second-order valence-corrected chi connectivity index (χ2v) is 11.0. The molecule has 16 heteroatoms. The van der Waals surface area contributed by atoms with Gasteiger partial charge in [0, 0.05) is 10.9 Å². The highest BCUT2D eigenvalue weighted by molar-refractivity contribution is 7.23. The molecular weight excluding hydrogens is 607 g/mol. The van der Waals surface area contributed by atoms with Crippen LogP contribution in [0.3, 0.4) is 0 Å². The van der Waals surface area contributed by atoms with E-state index in [1.165, 1.54) is 13.3 Å². The Labute approximate surface area is 249 Å². The summed E-state index contributed by atoms with van der Waals surface area (Å²) >= 11 is 0.670. The third-order valence-corrected chi connectivity index (χ3v) is 8.36. The lowest BCUT2D eigenvalue weighted by Crippen LogP contribution is -2.32. The number of nitriles is 1. The van der Waals surface area contributed by atoms with Gasteiger partial charge in [0.25, 0.3) is 0 Å². The van der Waals surface area contributed by atoms with Crippen molar-refractivity contribution in [1.82, 2.24) is 19.9 Å². The number of benzene rings is 2. The molecule has 0 radical (unpaired) electrons. The van der Waals surface area contributed by atoms with Gasteiger partial charge in [0.05, 0.1) is 47.2 Å². The molecule has 2 aromatic carbocycles. The normalized spacial score (nSPS) is 13.9. The molecule has 4 N–H and O–H groups in total. The Balaban J connectivity index is 1.75. The van der Waals surface area contributed by atoms with E-state index < -0.39 is 51.8 Å². The summed E-state index contributed by atoms with van der Waals surface area (Å²) in [5.41, 5.74) is 9.17. The third kappa shape index (κ3) is 4.34. The Morgan fingerprint density at radius 3 is 2.59 bits per heavy atom. The first-order chi connectivity index (χ1) is 20.9. The maximum Gasteiger partial charge on any atom is 0.420 e. The van der Waals surface area contributed by atoms with Crippen LogP contribution < -0.4 is 25.8 Å². The lowest BCUT2D eigenvalue weighted by Gasteiger charge is -2.29. The van der Waals surface area contributed by atoms with Gasteiger partial charge in [-0.3, -0.25) is 4.98 Å². The van der Waals surface area contributed by atoms with Gasteiger partial charge in [-0.15, -0.1) is 11.3 Å². The zero-order valence-electron chi connectivity index (χ0n) is 23.2. The van der Waals surface area contributed by atoms with Gasteiger partial charge in [0.2, 0.25) is 0 Å². The molecule has 0 bridgehead atoms. The van der Waals surface area contributed by atoms with E-state index in [0.717, 1.165) is 12.1 Å². The molecule has 5 aromatic rings. The average molecular weight is 629 g/mol. The maximum absolute atomic E-state index is 16.8. The Morgan fingerprint density at radius 2 is 1.91 bits per heavy atom. The summed E-state index contributed by atoms with van der Waals surface area (Å²) in [5, 5.41) is 8.99. The molecule has 10 nitrogen and oxygen atoms in total. The number of hydrogen-bond donors (Lipinski definition) is 2. The van der Waals surface area contributed by atoms with Crippen LogP contribution in [0.25, 0.3) is 32.1 Å². The van der Waals surface area contributed by atoms with E-state index in [-0.39, 0.29) is 56.8 Å². The zero-order valence-corrected chi connectivity index (χ0v) is 24.0. The predicted octanol–water partition coefficient (Wildman–Crippen LogP) is 5.91. The zero-order chi connectivity index (χ0) is 31.7. The third-order valence-electron chi connectivity index (χ3n) is 7.33. The molecule has 0 saturated heterocycles. The Bertz CT molecular complexity index is 2040. The fourth-order valence-corrected chi connectivity index (χ4v) is 6.38. The van der Waals surface area contributed by atoms with Crippen molar-refractivity contribution < 1.29 is 31.4 Å². The fraction of sp³-hybridized carbons (Fsp3) is 0.250. The summed E-state index contributed by atoms with van der Waals surface area (Å²) in [6.07, 6.45) is -3.73. The highest BCUT2D eigenvalue weighted by Gasteiger charge is 2.44. The van der Waals surface area contributed by atoms with Crippen LogP contribution in [0.4, 0.5) is 38.6 Å². The number of anilines is 3. The number of aryl methyl sites for hydroxylation is 1. The van der Waals surface area contributed by atoms with Crippen molar-refractivity contribution in [2.75, 3.05) is 36.6 Å². The van der Waals surface area contributed by atoms with Crippen molar-refractivity contribution in [2.24, 2.45) is 0 Å². The monoisotopic (exact) mass is 628 g/mol. The molecule has 0 fully saturated rings. The van der Waals surface area contributed by atoms with Crippen LogP contribution in [0.1, 0.15) is 35.5 Å². The van der Waals surface area contributed by atoms with Gasteiger partial charge in [-0.1, -0.05) is 6.07 Å². The van der Waals surface area contributed by atoms with Crippen molar-refractivity contribution in [3.05, 3.63) is 52.5 Å². The first-order valence-corrected chi connectivity index (χ1v) is 13.8. The number of fused-ring (bicyclic) bond motifs is 1. The molecule has 0 amide bonds. The van der Waals surface area contributed by atoms with Crippen LogP contribution in [0.5, 0.6) is 11.8 Å². The van der Waals surface area contributed by atoms with E-state index in [9.17, 15) is 9.65 Å². The number of aromatic nitrogens is 4. The number of halogens is 5. The molecular formula is C28H21F5N8O2S. The van der Waals surface area contributed by atoms with Crippen molar-refractivity contribution in [2.45, 2.75) is 26.1 Å². The van der Waals surface area contributed by atoms with Gasteiger partial charge >= 0.3 is 12.2 Å². The van der Waals surface area contributed by atoms with Crippen LogP contribution in [-0.2, 0) is 6.18 Å². The van der Waals surface area contributed by atoms with E-state index in [0.29, 0.717) is 22.7 Å². The molecule has 1 atom stereocenters. The molecule has 1 aliphatic rings. The number of nitrogen functional groups attached to an aromatic ring is 2. The summed E-state index contributed by atoms with van der Waals surface area (Å²) in [6.45, 7) is 3.08. The molecule has 0 spiro atoms. The molecule has 44 heavy (non-hydrogen) atoms. The van der Waals surface area contributed by atoms with Gasteiger partial charge in [-0.25, -0.2) is 13.8 Å². The standard InChI is InChI=1S/C28H21F5N8O2S/c1-10-9-37-24(35)20(38-10)11(2)41-6-7-43-22-17-21(39-27(42-3)40-26(17)41)19(30)16(18(22)28(31,32)33)12-4-5-14(29)23-15(12)13(8-34)25(36)44-23/h4-5,9,11H,6-7,36H2,1-3H3,(H2,35,37). The lowest BCUT2D eigenvalue weighted by atomic mass is 9.91. The topological polar surface area (TPSA) is 149 Å². The van der Waals surface area contributed by atoms with Crippen LogP contribution in [0.15, 0.2) is 18.3 Å². The number of hydrogen-bond acceptors (Lipinski definition) is 11. The van der Waals surface area contributed by atoms with Crippen molar-refractivity contribution in [3.8, 4) is 29.0 Å². The van der Waals surface area contributed by atoms with Crippen molar-refractivity contribution in [3.63, 3.8) is 0 Å². The van der Waals surface area contributed by atoms with Gasteiger partial charge < -0.3 is 25.8 Å². The largest absolute Gasteiger partial charge is 0.490 e. The van der Waals surface area contributed by atoms with Crippen LogP contribution >= 0.6 is 11.3 Å². The van der Waals surface area contributed by atoms with E-state index in [1.54, 1.807) is 24.8 Å². The van der Waals surface area contributed by atoms with Crippen LogP contribution in [0.2, 0.25) is 0 Å². The Kier molecular flexibility index (Phi) is 6.80. The smallest absolute Gasteiger partial charge is 0.420 e. The summed E-state index contributed by atoms with van der Waals surface area (Å²) in [7, 11) is 1.22. The van der Waals surface area contributed by atoms with Gasteiger partial charge in [-0.05, 0) is 25.5 Å².